The van der Waals surface area contributed by atoms with Crippen LogP contribution in [0.15, 0.2) is 42.6 Å². The number of benzene rings is 1. The molecule has 1 N–H and O–H groups in total. The van der Waals surface area contributed by atoms with Crippen molar-refractivity contribution in [3.05, 3.63) is 47.6 Å². The molecule has 3 aromatic rings. The van der Waals surface area contributed by atoms with Crippen LogP contribution in [0.1, 0.15) is 20.8 Å². The Bertz CT molecular complexity index is 1170. The van der Waals surface area contributed by atoms with E-state index in [0.717, 1.165) is 0 Å². The van der Waals surface area contributed by atoms with Crippen molar-refractivity contribution in [2.75, 3.05) is 18.5 Å². The second-order valence-corrected chi connectivity index (χ2v) is 9.23. The highest BCUT2D eigenvalue weighted by atomic mass is 35.5. The fraction of sp³-hybridized carbons (Fsp3) is 0.300. The third kappa shape index (κ3) is 4.85. The minimum Gasteiger partial charge on any atom is -0.465 e. The molecular weight excluding hydrogens is 430 g/mol. The van der Waals surface area contributed by atoms with Crippen LogP contribution in [0, 0.1) is 0 Å². The maximum atomic E-state index is 12.1. The molecule has 10 heteroatoms. The number of rotatable bonds is 8. The molecule has 30 heavy (non-hydrogen) atoms. The number of carbonyl (C=O) groups excluding carboxylic acids is 1. The quantitative estimate of drug-likeness (QED) is 0.411. The summed E-state index contributed by atoms with van der Waals surface area (Å²) in [5.74, 6) is 0.276. The Balaban J connectivity index is 2.04. The van der Waals surface area contributed by atoms with Gasteiger partial charge in [-0.2, -0.15) is 8.42 Å². The fourth-order valence-corrected chi connectivity index (χ4v) is 3.41. The first kappa shape index (κ1) is 21.9. The number of halogens is 1. The molecule has 0 unspecified atom stereocenters. The van der Waals surface area contributed by atoms with E-state index in [-0.39, 0.29) is 18.9 Å². The van der Waals surface area contributed by atoms with Crippen molar-refractivity contribution in [3.63, 3.8) is 0 Å². The van der Waals surface area contributed by atoms with Crippen molar-refractivity contribution in [2.45, 2.75) is 26.0 Å². The predicted octanol–water partition coefficient (Wildman–Crippen LogP) is 3.75. The van der Waals surface area contributed by atoms with Gasteiger partial charge in [0.2, 0.25) is 0 Å². The topological polar surface area (TPSA) is 99.0 Å². The lowest BCUT2D eigenvalue weighted by Crippen LogP contribution is -2.20. The van der Waals surface area contributed by atoms with E-state index in [0.29, 0.717) is 27.7 Å². The highest BCUT2D eigenvalue weighted by Gasteiger charge is 2.20. The molecule has 3 rings (SSSR count). The second kappa shape index (κ2) is 8.93. The zero-order chi connectivity index (χ0) is 21.9. The summed E-state index contributed by atoms with van der Waals surface area (Å²) in [6.45, 7) is 5.02. The molecule has 0 saturated heterocycles. The number of esters is 1. The van der Waals surface area contributed by atoms with Gasteiger partial charge in [-0.1, -0.05) is 23.7 Å². The molecule has 0 amide bonds. The zero-order valence-corrected chi connectivity index (χ0v) is 18.3. The van der Waals surface area contributed by atoms with Gasteiger partial charge in [0.15, 0.2) is 0 Å². The molecule has 0 saturated carbocycles. The number of anilines is 1. The number of pyridine rings is 1. The van der Waals surface area contributed by atoms with Gasteiger partial charge in [-0.3, -0.25) is 9.20 Å². The SMILES string of the molecule is CCOC(=O)CNc1c(-c2cccc(OS(=O)(=O)C(C)C)c2)nc2ccc(Cl)cn12. The number of hydrogen-bond donors (Lipinski definition) is 1. The van der Waals surface area contributed by atoms with Crippen molar-refractivity contribution in [2.24, 2.45) is 0 Å². The van der Waals surface area contributed by atoms with Gasteiger partial charge in [0, 0.05) is 11.8 Å². The lowest BCUT2D eigenvalue weighted by Gasteiger charge is -2.11. The van der Waals surface area contributed by atoms with E-state index in [1.54, 1.807) is 67.8 Å². The van der Waals surface area contributed by atoms with E-state index in [1.807, 2.05) is 0 Å². The van der Waals surface area contributed by atoms with Crippen LogP contribution in [-0.4, -0.2) is 42.2 Å². The van der Waals surface area contributed by atoms with Crippen LogP contribution in [-0.2, 0) is 19.6 Å². The van der Waals surface area contributed by atoms with E-state index < -0.39 is 21.3 Å². The van der Waals surface area contributed by atoms with E-state index in [2.05, 4.69) is 10.3 Å². The fourth-order valence-electron chi connectivity index (χ4n) is 2.68. The molecular formula is C20H22ClN3O5S. The maximum Gasteiger partial charge on any atom is 0.325 e. The lowest BCUT2D eigenvalue weighted by molar-refractivity contribution is -0.140. The van der Waals surface area contributed by atoms with Crippen molar-refractivity contribution < 1.29 is 22.1 Å². The molecule has 0 bridgehead atoms. The molecule has 160 valence electrons. The molecule has 0 radical (unpaired) electrons. The van der Waals surface area contributed by atoms with E-state index in [4.69, 9.17) is 20.5 Å². The molecule has 2 aromatic heterocycles. The number of aromatic nitrogens is 2. The average molecular weight is 452 g/mol. The first-order valence-corrected chi connectivity index (χ1v) is 11.2. The molecule has 0 aliphatic heterocycles. The minimum absolute atomic E-state index is 0.0704. The minimum atomic E-state index is -3.74. The first-order valence-electron chi connectivity index (χ1n) is 9.32. The second-order valence-electron chi connectivity index (χ2n) is 6.70. The average Bonchev–Trinajstić information content (AvgIpc) is 3.04. The number of imidazole rings is 1. The third-order valence-electron chi connectivity index (χ3n) is 4.19. The molecule has 0 aliphatic rings. The molecule has 1 aromatic carbocycles. The van der Waals surface area contributed by atoms with Crippen LogP contribution in [0.3, 0.4) is 0 Å². The summed E-state index contributed by atoms with van der Waals surface area (Å²) in [6.07, 6.45) is 1.67. The summed E-state index contributed by atoms with van der Waals surface area (Å²) >= 11 is 6.13. The van der Waals surface area contributed by atoms with Gasteiger partial charge in [-0.25, -0.2) is 4.98 Å². The van der Waals surface area contributed by atoms with Gasteiger partial charge < -0.3 is 14.2 Å². The molecule has 0 spiro atoms. The number of fused-ring (bicyclic) bond motifs is 1. The summed E-state index contributed by atoms with van der Waals surface area (Å²) in [6, 6.07) is 10.0. The van der Waals surface area contributed by atoms with Gasteiger partial charge in [-0.15, -0.1) is 0 Å². The molecule has 8 nitrogen and oxygen atoms in total. The van der Waals surface area contributed by atoms with Crippen LogP contribution in [0.25, 0.3) is 16.9 Å². The Kier molecular flexibility index (Phi) is 6.52. The predicted molar refractivity (Wildman–Crippen MR) is 115 cm³/mol. The normalized spacial score (nSPS) is 11.6. The molecule has 2 heterocycles. The Morgan fingerprint density at radius 2 is 2.03 bits per heavy atom. The number of nitrogens with one attached hydrogen (secondary N) is 1. The maximum absolute atomic E-state index is 12.1. The molecule has 0 aliphatic carbocycles. The smallest absolute Gasteiger partial charge is 0.325 e. The largest absolute Gasteiger partial charge is 0.465 e. The van der Waals surface area contributed by atoms with Crippen LogP contribution in [0.5, 0.6) is 5.75 Å². The van der Waals surface area contributed by atoms with Crippen molar-refractivity contribution in [3.8, 4) is 17.0 Å². The van der Waals surface area contributed by atoms with Crippen LogP contribution in [0.2, 0.25) is 5.02 Å². The Morgan fingerprint density at radius 3 is 2.73 bits per heavy atom. The standard InChI is InChI=1S/C20H22ClN3O5S/c1-4-28-18(25)11-22-20-19(23-17-9-8-15(21)12-24(17)20)14-6-5-7-16(10-14)29-30(26,27)13(2)3/h5-10,12-13,22H,4,11H2,1-3H3. The monoisotopic (exact) mass is 451 g/mol. The van der Waals surface area contributed by atoms with Gasteiger partial charge in [-0.05, 0) is 45.0 Å². The van der Waals surface area contributed by atoms with Gasteiger partial charge in [0.25, 0.3) is 0 Å². The number of carbonyl (C=O) groups is 1. The summed E-state index contributed by atoms with van der Waals surface area (Å²) < 4.78 is 36.1. The van der Waals surface area contributed by atoms with Crippen LogP contribution >= 0.6 is 11.6 Å². The summed E-state index contributed by atoms with van der Waals surface area (Å²) in [5.41, 5.74) is 1.72. The molecule has 0 fully saturated rings. The van der Waals surface area contributed by atoms with Gasteiger partial charge in [0.05, 0.1) is 16.9 Å². The highest BCUT2D eigenvalue weighted by molar-refractivity contribution is 7.87. The molecule has 0 atom stereocenters. The Morgan fingerprint density at radius 1 is 1.27 bits per heavy atom. The summed E-state index contributed by atoms with van der Waals surface area (Å²) in [7, 11) is -3.74. The van der Waals surface area contributed by atoms with Crippen molar-refractivity contribution >= 4 is 39.2 Å². The lowest BCUT2D eigenvalue weighted by atomic mass is 10.1. The van der Waals surface area contributed by atoms with Gasteiger partial charge in [0.1, 0.15) is 29.5 Å². The number of nitrogens with zero attached hydrogens (tertiary/aromatic N) is 2. The van der Waals surface area contributed by atoms with Crippen molar-refractivity contribution in [1.29, 1.82) is 0 Å². The van der Waals surface area contributed by atoms with Crippen LogP contribution in [0.4, 0.5) is 5.82 Å². The number of hydrogen-bond acceptors (Lipinski definition) is 7. The van der Waals surface area contributed by atoms with E-state index in [1.165, 1.54) is 0 Å². The Hall–Kier alpha value is -2.78. The first-order chi connectivity index (χ1) is 14.2. The summed E-state index contributed by atoms with van der Waals surface area (Å²) in [5, 5.41) is 2.85. The van der Waals surface area contributed by atoms with E-state index >= 15 is 0 Å². The van der Waals surface area contributed by atoms with Crippen molar-refractivity contribution in [1.82, 2.24) is 9.38 Å². The zero-order valence-electron chi connectivity index (χ0n) is 16.8. The Labute approximate surface area is 179 Å². The third-order valence-corrected chi connectivity index (χ3v) is 5.99. The summed E-state index contributed by atoms with van der Waals surface area (Å²) in [4.78, 5) is 16.4. The van der Waals surface area contributed by atoms with E-state index in [9.17, 15) is 13.2 Å². The van der Waals surface area contributed by atoms with Crippen LogP contribution < -0.4 is 9.50 Å². The number of ether oxygens (including phenoxy) is 1. The van der Waals surface area contributed by atoms with Gasteiger partial charge >= 0.3 is 16.1 Å². The highest BCUT2D eigenvalue weighted by Crippen LogP contribution is 2.32.